The number of para-hydroxylation sites is 4. The minimum atomic E-state index is -0.0176. The number of hydrogen-bond acceptors (Lipinski definition) is 16. The van der Waals surface area contributed by atoms with Crippen molar-refractivity contribution in [2.45, 2.75) is 25.6 Å². The van der Waals surface area contributed by atoms with Crippen molar-refractivity contribution in [3.8, 4) is 69.6 Å². The molecule has 0 aliphatic carbocycles. The van der Waals surface area contributed by atoms with Crippen molar-refractivity contribution in [3.05, 3.63) is 145 Å². The van der Waals surface area contributed by atoms with E-state index in [1.54, 1.807) is 33.6 Å². The summed E-state index contributed by atoms with van der Waals surface area (Å²) in [5.41, 5.74) is 4.74. The molecule has 0 bridgehead atoms. The van der Waals surface area contributed by atoms with Crippen LogP contribution in [0.1, 0.15) is 24.5 Å². The van der Waals surface area contributed by atoms with E-state index in [2.05, 4.69) is 55.1 Å². The molecule has 3 N–H and O–H groups in total. The van der Waals surface area contributed by atoms with Gasteiger partial charge in [0.05, 0.1) is 81.3 Å². The lowest BCUT2D eigenvalue weighted by atomic mass is 9.40. The Hall–Kier alpha value is -8.77. The molecule has 2 atom stereocenters. The molecule has 5 radical (unpaired) electrons. The Morgan fingerprint density at radius 1 is 0.595 bits per heavy atom. The minimum absolute atomic E-state index is 0.0176. The Balaban J connectivity index is 0.000000189. The maximum Gasteiger partial charge on any atom is 0.169 e. The second-order valence-electron chi connectivity index (χ2n) is 16.0. The van der Waals surface area contributed by atoms with Gasteiger partial charge < -0.3 is 58.4 Å². The van der Waals surface area contributed by atoms with Crippen LogP contribution in [-0.4, -0.2) is 98.1 Å². The zero-order valence-electron chi connectivity index (χ0n) is 41.3. The van der Waals surface area contributed by atoms with E-state index in [1.807, 2.05) is 109 Å². The molecule has 0 amide bonds. The van der Waals surface area contributed by atoms with E-state index in [0.29, 0.717) is 110 Å². The average Bonchev–Trinajstić information content (AvgIpc) is 4.39. The molecule has 0 unspecified atom stereocenters. The van der Waals surface area contributed by atoms with Gasteiger partial charge in [-0.15, -0.1) is 0 Å². The molecule has 10 rings (SSSR count). The van der Waals surface area contributed by atoms with Gasteiger partial charge in [0, 0.05) is 69.2 Å². The Bertz CT molecular complexity index is 3240. The van der Waals surface area contributed by atoms with Gasteiger partial charge in [0.2, 0.25) is 0 Å². The number of fused-ring (bicyclic) bond motifs is 2. The Morgan fingerprint density at radius 2 is 1.01 bits per heavy atom. The van der Waals surface area contributed by atoms with Crippen LogP contribution in [0.3, 0.4) is 0 Å². The van der Waals surface area contributed by atoms with Gasteiger partial charge in [-0.1, -0.05) is 31.2 Å². The molecule has 2 fully saturated rings. The summed E-state index contributed by atoms with van der Waals surface area (Å²) in [6.45, 7) is 4.30. The lowest BCUT2D eigenvalue weighted by Gasteiger charge is -2.15. The number of nitrogens with one attached hydrogen (secondary N) is 2. The van der Waals surface area contributed by atoms with Gasteiger partial charge in [-0.25, -0.2) is 0 Å². The fourth-order valence-electron chi connectivity index (χ4n) is 7.10. The third-order valence-corrected chi connectivity index (χ3v) is 11.1. The van der Waals surface area contributed by atoms with Gasteiger partial charge in [-0.05, 0) is 91.3 Å². The summed E-state index contributed by atoms with van der Waals surface area (Å²) in [7, 11) is 16.2. The van der Waals surface area contributed by atoms with Crippen molar-refractivity contribution in [3.63, 3.8) is 0 Å². The van der Waals surface area contributed by atoms with Crippen LogP contribution >= 0.6 is 0 Å². The molecule has 8 aromatic rings. The van der Waals surface area contributed by atoms with Gasteiger partial charge >= 0.3 is 0 Å². The van der Waals surface area contributed by atoms with Crippen LogP contribution in [-0.2, 0) is 9.47 Å². The number of pyridine rings is 2. The van der Waals surface area contributed by atoms with Crippen LogP contribution in [0.2, 0.25) is 0 Å². The molecule has 4 heterocycles. The third-order valence-electron chi connectivity index (χ3n) is 11.1. The first-order valence-corrected chi connectivity index (χ1v) is 23.1. The van der Waals surface area contributed by atoms with Crippen LogP contribution in [0.25, 0.3) is 21.8 Å². The van der Waals surface area contributed by atoms with Crippen LogP contribution in [0, 0.1) is 22.7 Å². The van der Waals surface area contributed by atoms with E-state index >= 15 is 0 Å². The molecule has 2 aromatic heterocycles. The molecular formula is C55H50B3N6O10. The smallest absolute Gasteiger partial charge is 0.169 e. The van der Waals surface area contributed by atoms with Crippen molar-refractivity contribution in [2.75, 3.05) is 58.9 Å². The number of aromatic hydroxyl groups is 1. The number of aromatic nitrogens is 2. The SMILES string of the molecule is CC[C@@H]1CO1.COc1cc2c(Nc3ccc(Oc4ccccc4OC)cc3)c(C#N)cnc2cc1O.COc1cc2c(Nc3ccc(Oc4ccccc4OC)cc3)c(C#N)cnc2cc1OC[C@@H]1CO1.[B][B][B]. The molecule has 6 aromatic carbocycles. The summed E-state index contributed by atoms with van der Waals surface area (Å²) in [6, 6.07) is 40.8. The fraction of sp³-hybridized carbons (Fsp3) is 0.200. The zero-order chi connectivity index (χ0) is 52.4. The predicted octanol–water partition coefficient (Wildman–Crippen LogP) is 10.5. The van der Waals surface area contributed by atoms with E-state index in [0.717, 1.165) is 30.4 Å². The van der Waals surface area contributed by atoms with E-state index in [-0.39, 0.29) is 11.9 Å². The molecule has 19 heteroatoms. The largest absolute Gasteiger partial charge is 0.504 e. The second kappa shape index (κ2) is 26.1. The molecule has 74 heavy (non-hydrogen) atoms. The first kappa shape index (κ1) is 53.0. The van der Waals surface area contributed by atoms with Crippen molar-refractivity contribution >= 4 is 67.1 Å². The van der Waals surface area contributed by atoms with E-state index in [9.17, 15) is 15.6 Å². The Morgan fingerprint density at radius 3 is 1.41 bits per heavy atom. The molecule has 2 saturated heterocycles. The minimum Gasteiger partial charge on any atom is -0.504 e. The van der Waals surface area contributed by atoms with Gasteiger partial charge in [0.25, 0.3) is 0 Å². The number of phenols is 1. The van der Waals surface area contributed by atoms with Crippen molar-refractivity contribution in [1.29, 1.82) is 10.5 Å². The highest BCUT2D eigenvalue weighted by molar-refractivity contribution is 7.17. The van der Waals surface area contributed by atoms with E-state index in [4.69, 9.17) is 42.6 Å². The predicted molar refractivity (Wildman–Crippen MR) is 286 cm³/mol. The summed E-state index contributed by atoms with van der Waals surface area (Å²) in [5, 5.41) is 37.3. The number of rotatable bonds is 16. The number of anilines is 4. The molecule has 16 nitrogen and oxygen atoms in total. The van der Waals surface area contributed by atoms with Crippen LogP contribution in [0.4, 0.5) is 22.7 Å². The average molecular weight is 987 g/mol. The highest BCUT2D eigenvalue weighted by Gasteiger charge is 2.24. The van der Waals surface area contributed by atoms with Crippen LogP contribution in [0.15, 0.2) is 134 Å². The third kappa shape index (κ3) is 14.0. The van der Waals surface area contributed by atoms with Gasteiger partial charge in [-0.2, -0.15) is 10.5 Å². The maximum absolute atomic E-state index is 10.0. The van der Waals surface area contributed by atoms with E-state index in [1.165, 1.54) is 25.8 Å². The number of hydrogen-bond donors (Lipinski definition) is 3. The number of ether oxygens (including phenoxy) is 9. The molecule has 2 aliphatic heterocycles. The maximum atomic E-state index is 10.0. The number of phenolic OH excluding ortho intramolecular Hbond substituents is 1. The van der Waals surface area contributed by atoms with E-state index < -0.39 is 0 Å². The van der Waals surface area contributed by atoms with Crippen molar-refractivity contribution in [2.24, 2.45) is 0 Å². The number of methoxy groups -OCH3 is 4. The van der Waals surface area contributed by atoms with Gasteiger partial charge in [0.1, 0.15) is 36.3 Å². The summed E-state index contributed by atoms with van der Waals surface area (Å²) in [5.74, 6) is 5.25. The van der Waals surface area contributed by atoms with Crippen LogP contribution in [0.5, 0.6) is 57.5 Å². The first-order chi connectivity index (χ1) is 36.1. The molecule has 0 saturated carbocycles. The van der Waals surface area contributed by atoms with Crippen molar-refractivity contribution < 1.29 is 47.7 Å². The fourth-order valence-corrected chi connectivity index (χ4v) is 7.10. The van der Waals surface area contributed by atoms with Gasteiger partial charge in [0.15, 0.2) is 46.0 Å². The molecular weight excluding hydrogens is 937 g/mol. The first-order valence-electron chi connectivity index (χ1n) is 23.1. The highest BCUT2D eigenvalue weighted by atomic mass is 16.6. The standard InChI is InChI=1S/C27H23N3O5.C24H19N3O4.C4H8O.B3/c1-31-23-5-3-4-6-24(23)35-19-9-7-18(8-10-19)30-27-17(13-28)14-29-22-12-26(34-16-20-15-33-20)25(32-2)11-21(22)27;1-29-21-5-3-4-6-22(21)31-17-9-7-16(8-10-17)27-24-15(13-25)14-26-19-12-20(28)23(30-2)11-18(19)24;1-2-4-3-5-4;1-3-2/h3-12,14,20H,15-16H2,1-2H3,(H,29,30);3-12,14,28H,1-2H3,(H,26,27);4H,2-3H2,1H3;/t20-;;4-;/m0.1./s1. The topological polar surface area (TPSA) is 207 Å². The summed E-state index contributed by atoms with van der Waals surface area (Å²) < 4.78 is 49.2. The number of benzene rings is 6. The number of nitriles is 2. The monoisotopic (exact) mass is 987 g/mol. The second-order valence-corrected chi connectivity index (χ2v) is 16.0. The summed E-state index contributed by atoms with van der Waals surface area (Å²) >= 11 is 0. The number of epoxide rings is 2. The summed E-state index contributed by atoms with van der Waals surface area (Å²) in [4.78, 5) is 8.71. The quantitative estimate of drug-likeness (QED) is 0.0608. The molecule has 369 valence electrons. The van der Waals surface area contributed by atoms with Gasteiger partial charge in [-0.3, -0.25) is 9.97 Å². The Labute approximate surface area is 432 Å². The molecule has 0 spiro atoms. The lowest BCUT2D eigenvalue weighted by molar-refractivity contribution is 0.252. The highest BCUT2D eigenvalue weighted by Crippen LogP contribution is 2.40. The van der Waals surface area contributed by atoms with Crippen LogP contribution < -0.4 is 43.8 Å². The zero-order valence-corrected chi connectivity index (χ0v) is 41.3. The lowest BCUT2D eigenvalue weighted by Crippen LogP contribution is -2.05. The Kier molecular flexibility index (Phi) is 18.7. The molecule has 2 aliphatic rings. The van der Waals surface area contributed by atoms with Crippen molar-refractivity contribution in [1.82, 2.24) is 9.97 Å². The number of nitrogens with zero attached hydrogens (tertiary/aromatic N) is 4. The summed E-state index contributed by atoms with van der Waals surface area (Å²) in [6.07, 6.45) is 4.96. The normalized spacial score (nSPS) is 13.5.